The van der Waals surface area contributed by atoms with Crippen LogP contribution in [0.2, 0.25) is 0 Å². The Balaban J connectivity index is 1.29. The van der Waals surface area contributed by atoms with E-state index in [1.165, 1.54) is 11.1 Å². The second-order valence-corrected chi connectivity index (χ2v) is 9.70. The van der Waals surface area contributed by atoms with Crippen LogP contribution in [0.25, 0.3) is 28.2 Å². The third-order valence-corrected chi connectivity index (χ3v) is 7.55. The predicted octanol–water partition coefficient (Wildman–Crippen LogP) is 4.27. The van der Waals surface area contributed by atoms with Gasteiger partial charge in [-0.1, -0.05) is 42.5 Å². The molecular formula is C30H29N5O2. The molecule has 37 heavy (non-hydrogen) atoms. The monoisotopic (exact) mass is 491 g/mol. The number of carbonyl (C=O) groups is 1. The number of benzene rings is 2. The van der Waals surface area contributed by atoms with Crippen molar-refractivity contribution in [3.8, 4) is 40.7 Å². The number of terminal acetylenes is 1. The Labute approximate surface area is 216 Å². The van der Waals surface area contributed by atoms with Crippen LogP contribution in [0.5, 0.6) is 5.88 Å². The van der Waals surface area contributed by atoms with E-state index < -0.39 is 0 Å². The van der Waals surface area contributed by atoms with Crippen molar-refractivity contribution in [3.63, 3.8) is 0 Å². The molecule has 186 valence electrons. The zero-order valence-corrected chi connectivity index (χ0v) is 20.9. The van der Waals surface area contributed by atoms with Crippen LogP contribution in [0, 0.1) is 12.3 Å². The number of piperidine rings is 1. The van der Waals surface area contributed by atoms with Crippen LogP contribution in [0.1, 0.15) is 36.4 Å². The molecule has 1 saturated heterocycles. The van der Waals surface area contributed by atoms with Crippen LogP contribution in [0.15, 0.2) is 60.7 Å². The largest absolute Gasteiger partial charge is 0.480 e. The number of hydrogen-bond donors (Lipinski definition) is 1. The molecule has 1 N–H and O–H groups in total. The van der Waals surface area contributed by atoms with E-state index in [-0.39, 0.29) is 5.91 Å². The fourth-order valence-electron chi connectivity index (χ4n) is 5.64. The number of methoxy groups -OCH3 is 1. The summed E-state index contributed by atoms with van der Waals surface area (Å²) in [6, 6.07) is 21.5. The van der Waals surface area contributed by atoms with E-state index in [1.807, 2.05) is 34.8 Å². The lowest BCUT2D eigenvalue weighted by Gasteiger charge is -2.33. The number of aryl methyl sites for hydroxylation is 1. The number of likely N-dealkylation sites (tertiary alicyclic amines) is 1. The number of aromatic nitrogens is 3. The lowest BCUT2D eigenvalue weighted by molar-refractivity contribution is -0.126. The van der Waals surface area contributed by atoms with Gasteiger partial charge in [-0.15, -0.1) is 11.5 Å². The SMILES string of the molecule is C#CC(=O)N1CCC(N[C@H]2CCc3cc(-c4nc5ccc(OC)nn5c4-c4ccccc4)ccc32)CC1. The third-order valence-electron chi connectivity index (χ3n) is 7.55. The average molecular weight is 492 g/mol. The molecule has 7 heteroatoms. The maximum atomic E-state index is 11.8. The van der Waals surface area contributed by atoms with Crippen molar-refractivity contribution < 1.29 is 9.53 Å². The van der Waals surface area contributed by atoms with Gasteiger partial charge in [-0.25, -0.2) is 9.50 Å². The number of imidazole rings is 1. The van der Waals surface area contributed by atoms with Gasteiger partial charge in [0.1, 0.15) is 5.69 Å². The smallest absolute Gasteiger partial charge is 0.298 e. The zero-order valence-electron chi connectivity index (χ0n) is 20.9. The molecule has 1 aliphatic carbocycles. The van der Waals surface area contributed by atoms with Crippen molar-refractivity contribution in [2.45, 2.75) is 37.8 Å². The Morgan fingerprint density at radius 1 is 1.05 bits per heavy atom. The summed E-state index contributed by atoms with van der Waals surface area (Å²) in [6.45, 7) is 1.43. The minimum atomic E-state index is -0.201. The summed E-state index contributed by atoms with van der Waals surface area (Å²) in [4.78, 5) is 18.5. The lowest BCUT2D eigenvalue weighted by atomic mass is 9.99. The highest BCUT2D eigenvalue weighted by atomic mass is 16.5. The first-order valence-electron chi connectivity index (χ1n) is 12.8. The van der Waals surface area contributed by atoms with Gasteiger partial charge in [0.25, 0.3) is 5.91 Å². The minimum absolute atomic E-state index is 0.201. The number of amides is 1. The molecule has 7 nitrogen and oxygen atoms in total. The van der Waals surface area contributed by atoms with E-state index in [1.54, 1.807) is 12.0 Å². The van der Waals surface area contributed by atoms with Gasteiger partial charge in [-0.2, -0.15) is 0 Å². The molecule has 2 aromatic carbocycles. The molecule has 0 saturated carbocycles. The van der Waals surface area contributed by atoms with Crippen LogP contribution in [0.3, 0.4) is 0 Å². The molecule has 0 radical (unpaired) electrons. The number of ether oxygens (including phenoxy) is 1. The molecule has 0 bridgehead atoms. The maximum absolute atomic E-state index is 11.8. The Bertz CT molecular complexity index is 1500. The summed E-state index contributed by atoms with van der Waals surface area (Å²) in [6.07, 6.45) is 9.23. The Hall–Kier alpha value is -4.15. The first-order chi connectivity index (χ1) is 18.1. The topological polar surface area (TPSA) is 71.8 Å². The van der Waals surface area contributed by atoms with Crippen molar-refractivity contribution in [3.05, 3.63) is 71.8 Å². The molecule has 1 atom stereocenters. The van der Waals surface area contributed by atoms with Gasteiger partial charge in [-0.3, -0.25) is 4.79 Å². The van der Waals surface area contributed by atoms with Gasteiger partial charge in [0.05, 0.1) is 12.8 Å². The average Bonchev–Trinajstić information content (AvgIpc) is 3.54. The quantitative estimate of drug-likeness (QED) is 0.422. The summed E-state index contributed by atoms with van der Waals surface area (Å²) < 4.78 is 7.26. The molecule has 6 rings (SSSR count). The van der Waals surface area contributed by atoms with Gasteiger partial charge in [-0.05, 0) is 54.9 Å². The number of fused-ring (bicyclic) bond motifs is 2. The summed E-state index contributed by atoms with van der Waals surface area (Å²) in [5.74, 6) is 2.58. The Morgan fingerprint density at radius 2 is 1.86 bits per heavy atom. The molecule has 0 spiro atoms. The standard InChI is InChI=1S/C30H29N5O2/c1-3-28(36)34-17-15-23(16-18-34)31-25-12-10-21-19-22(9-11-24(21)25)29-30(20-7-5-4-6-8-20)35-26(32-29)13-14-27(33-35)37-2/h1,4-9,11,13-14,19,23,25,31H,10,12,15-18H2,2H3/t25-/m0/s1. The van der Waals surface area contributed by atoms with Crippen LogP contribution in [-0.2, 0) is 11.2 Å². The summed E-state index contributed by atoms with van der Waals surface area (Å²) in [5.41, 5.74) is 7.51. The molecule has 1 fully saturated rings. The van der Waals surface area contributed by atoms with E-state index in [9.17, 15) is 4.79 Å². The van der Waals surface area contributed by atoms with E-state index >= 15 is 0 Å². The summed E-state index contributed by atoms with van der Waals surface area (Å²) in [5, 5.41) is 8.52. The fraction of sp³-hybridized carbons (Fsp3) is 0.300. The first-order valence-corrected chi connectivity index (χ1v) is 12.8. The number of rotatable bonds is 5. The summed E-state index contributed by atoms with van der Waals surface area (Å²) in [7, 11) is 1.62. The predicted molar refractivity (Wildman–Crippen MR) is 143 cm³/mol. The van der Waals surface area contributed by atoms with Crippen molar-refractivity contribution in [2.75, 3.05) is 20.2 Å². The lowest BCUT2D eigenvalue weighted by Crippen LogP contribution is -2.45. The number of nitrogens with zero attached hydrogens (tertiary/aromatic N) is 4. The van der Waals surface area contributed by atoms with Gasteiger partial charge < -0.3 is 15.0 Å². The van der Waals surface area contributed by atoms with Crippen molar-refractivity contribution in [2.24, 2.45) is 0 Å². The van der Waals surface area contributed by atoms with Gasteiger partial charge in [0, 0.05) is 42.4 Å². The number of nitrogens with one attached hydrogen (secondary N) is 1. The molecule has 3 heterocycles. The maximum Gasteiger partial charge on any atom is 0.298 e. The van der Waals surface area contributed by atoms with Crippen molar-refractivity contribution in [1.29, 1.82) is 0 Å². The fourth-order valence-corrected chi connectivity index (χ4v) is 5.64. The second-order valence-electron chi connectivity index (χ2n) is 9.70. The van der Waals surface area contributed by atoms with Gasteiger partial charge in [0.15, 0.2) is 5.65 Å². The molecule has 2 aliphatic rings. The zero-order chi connectivity index (χ0) is 25.4. The highest BCUT2D eigenvalue weighted by molar-refractivity contribution is 5.92. The van der Waals surface area contributed by atoms with Crippen LogP contribution >= 0.6 is 0 Å². The highest BCUT2D eigenvalue weighted by Crippen LogP contribution is 2.38. The minimum Gasteiger partial charge on any atom is -0.480 e. The van der Waals surface area contributed by atoms with Gasteiger partial charge in [0.2, 0.25) is 5.88 Å². The molecule has 0 unspecified atom stereocenters. The Morgan fingerprint density at radius 3 is 2.62 bits per heavy atom. The second kappa shape index (κ2) is 9.72. The summed E-state index contributed by atoms with van der Waals surface area (Å²) >= 11 is 0. The number of hydrogen-bond acceptors (Lipinski definition) is 5. The van der Waals surface area contributed by atoms with Crippen LogP contribution in [-0.4, -0.2) is 51.6 Å². The van der Waals surface area contributed by atoms with E-state index in [0.29, 0.717) is 31.1 Å². The molecule has 1 amide bonds. The highest BCUT2D eigenvalue weighted by Gasteiger charge is 2.29. The molecule has 2 aromatic heterocycles. The first kappa shape index (κ1) is 23.3. The third kappa shape index (κ3) is 4.34. The molecule has 4 aromatic rings. The van der Waals surface area contributed by atoms with Crippen LogP contribution < -0.4 is 10.1 Å². The van der Waals surface area contributed by atoms with E-state index in [0.717, 1.165) is 53.8 Å². The Kier molecular flexibility index (Phi) is 6.11. The number of carbonyl (C=O) groups excluding carboxylic acids is 1. The van der Waals surface area contributed by atoms with Crippen molar-refractivity contribution >= 4 is 11.6 Å². The van der Waals surface area contributed by atoms with Gasteiger partial charge >= 0.3 is 0 Å². The van der Waals surface area contributed by atoms with E-state index in [2.05, 4.69) is 46.7 Å². The normalized spacial score (nSPS) is 17.5. The van der Waals surface area contributed by atoms with Crippen molar-refractivity contribution in [1.82, 2.24) is 24.8 Å². The molecule has 1 aliphatic heterocycles. The molecular weight excluding hydrogens is 462 g/mol. The van der Waals surface area contributed by atoms with Crippen LogP contribution in [0.4, 0.5) is 0 Å². The van der Waals surface area contributed by atoms with E-state index in [4.69, 9.17) is 16.1 Å².